The molecule has 2 aromatic carbocycles. The number of nitrogens with zero attached hydrogens (tertiary/aromatic N) is 1. The zero-order chi connectivity index (χ0) is 22.4. The number of phenolic OH excluding ortho intramolecular Hbond substituents is 1. The average molecular weight is 424 g/mol. The van der Waals surface area contributed by atoms with E-state index in [-0.39, 0.29) is 17.1 Å². The van der Waals surface area contributed by atoms with Crippen molar-refractivity contribution in [2.45, 2.75) is 45.6 Å². The van der Waals surface area contributed by atoms with E-state index in [0.29, 0.717) is 30.0 Å². The molecule has 0 aromatic heterocycles. The van der Waals surface area contributed by atoms with Gasteiger partial charge in [0.25, 0.3) is 11.7 Å². The molecule has 1 aliphatic heterocycles. The van der Waals surface area contributed by atoms with Crippen LogP contribution < -0.4 is 4.74 Å². The SMILES string of the molecule is CCCCCN1C(=O)C(=O)/C(=C(\O)c2ccc(OCCC)cc2)C1c1ccc(O)cc1. The first-order valence-corrected chi connectivity index (χ1v) is 10.8. The number of carbonyl (C=O) groups is 2. The maximum Gasteiger partial charge on any atom is 0.295 e. The summed E-state index contributed by atoms with van der Waals surface area (Å²) in [6.45, 7) is 5.10. The van der Waals surface area contributed by atoms with Gasteiger partial charge in [-0.05, 0) is 54.8 Å². The van der Waals surface area contributed by atoms with Gasteiger partial charge in [-0.2, -0.15) is 0 Å². The minimum atomic E-state index is -0.700. The summed E-state index contributed by atoms with van der Waals surface area (Å²) in [4.78, 5) is 27.3. The van der Waals surface area contributed by atoms with Crippen molar-refractivity contribution in [3.05, 3.63) is 65.2 Å². The van der Waals surface area contributed by atoms with E-state index in [2.05, 4.69) is 6.92 Å². The number of likely N-dealkylation sites (tertiary alicyclic amines) is 1. The summed E-state index contributed by atoms with van der Waals surface area (Å²) >= 11 is 0. The minimum absolute atomic E-state index is 0.0643. The molecule has 0 radical (unpaired) electrons. The molecule has 3 rings (SSSR count). The van der Waals surface area contributed by atoms with Gasteiger partial charge in [0.05, 0.1) is 18.2 Å². The van der Waals surface area contributed by atoms with Crippen molar-refractivity contribution < 1.29 is 24.5 Å². The summed E-state index contributed by atoms with van der Waals surface area (Å²) < 4.78 is 5.58. The largest absolute Gasteiger partial charge is 0.508 e. The highest BCUT2D eigenvalue weighted by Crippen LogP contribution is 2.40. The zero-order valence-electron chi connectivity index (χ0n) is 18.0. The molecule has 1 saturated heterocycles. The fourth-order valence-electron chi connectivity index (χ4n) is 3.73. The molecule has 31 heavy (non-hydrogen) atoms. The smallest absolute Gasteiger partial charge is 0.295 e. The Morgan fingerprint density at radius 2 is 1.65 bits per heavy atom. The van der Waals surface area contributed by atoms with Crippen LogP contribution in [0, 0.1) is 0 Å². The van der Waals surface area contributed by atoms with Crippen LogP contribution >= 0.6 is 0 Å². The number of benzene rings is 2. The lowest BCUT2D eigenvalue weighted by atomic mass is 9.95. The Morgan fingerprint density at radius 3 is 2.26 bits per heavy atom. The second kappa shape index (κ2) is 10.2. The van der Waals surface area contributed by atoms with E-state index in [0.717, 1.165) is 25.7 Å². The van der Waals surface area contributed by atoms with E-state index >= 15 is 0 Å². The monoisotopic (exact) mass is 423 g/mol. The fraction of sp³-hybridized carbons (Fsp3) is 0.360. The van der Waals surface area contributed by atoms with E-state index in [1.807, 2.05) is 6.92 Å². The molecule has 0 saturated carbocycles. The van der Waals surface area contributed by atoms with Crippen molar-refractivity contribution in [2.75, 3.05) is 13.2 Å². The van der Waals surface area contributed by atoms with Crippen molar-refractivity contribution in [3.8, 4) is 11.5 Å². The van der Waals surface area contributed by atoms with Gasteiger partial charge in [-0.15, -0.1) is 0 Å². The summed E-state index contributed by atoms with van der Waals surface area (Å²) in [6, 6.07) is 12.5. The van der Waals surface area contributed by atoms with Gasteiger partial charge < -0.3 is 19.8 Å². The number of ketones is 1. The molecule has 1 unspecified atom stereocenters. The lowest BCUT2D eigenvalue weighted by Gasteiger charge is -2.25. The lowest BCUT2D eigenvalue weighted by molar-refractivity contribution is -0.139. The molecule has 1 amide bonds. The minimum Gasteiger partial charge on any atom is -0.508 e. The van der Waals surface area contributed by atoms with Crippen molar-refractivity contribution >= 4 is 17.4 Å². The van der Waals surface area contributed by atoms with E-state index < -0.39 is 17.7 Å². The molecule has 1 atom stereocenters. The molecule has 1 heterocycles. The number of hydrogen-bond donors (Lipinski definition) is 2. The normalized spacial score (nSPS) is 17.9. The highest BCUT2D eigenvalue weighted by molar-refractivity contribution is 6.46. The predicted molar refractivity (Wildman–Crippen MR) is 119 cm³/mol. The molecule has 0 bridgehead atoms. The van der Waals surface area contributed by atoms with Crippen LogP contribution in [-0.2, 0) is 9.59 Å². The standard InChI is InChI=1S/C25H29NO5/c1-3-5-6-15-26-22(17-7-11-19(27)12-8-17)21(24(29)25(26)30)23(28)18-9-13-20(14-10-18)31-16-4-2/h7-14,22,27-28H,3-6,15-16H2,1-2H3/b23-21-. The molecule has 6 nitrogen and oxygen atoms in total. The van der Waals surface area contributed by atoms with Crippen LogP contribution in [0.1, 0.15) is 56.7 Å². The van der Waals surface area contributed by atoms with Gasteiger partial charge in [0.1, 0.15) is 17.3 Å². The van der Waals surface area contributed by atoms with Gasteiger partial charge in [-0.25, -0.2) is 0 Å². The number of amides is 1. The highest BCUT2D eigenvalue weighted by Gasteiger charge is 2.45. The summed E-state index contributed by atoms with van der Waals surface area (Å²) in [5, 5.41) is 20.7. The molecule has 0 aliphatic carbocycles. The molecule has 6 heteroatoms. The fourth-order valence-corrected chi connectivity index (χ4v) is 3.73. The van der Waals surface area contributed by atoms with E-state index in [1.54, 1.807) is 36.4 Å². The zero-order valence-corrected chi connectivity index (χ0v) is 18.0. The van der Waals surface area contributed by atoms with Crippen LogP contribution in [0.4, 0.5) is 0 Å². The molecule has 0 spiro atoms. The molecule has 1 fully saturated rings. The molecular formula is C25H29NO5. The lowest BCUT2D eigenvalue weighted by Crippen LogP contribution is -2.30. The third-order valence-electron chi connectivity index (χ3n) is 5.35. The first-order valence-electron chi connectivity index (χ1n) is 10.8. The summed E-state index contributed by atoms with van der Waals surface area (Å²) in [5.41, 5.74) is 1.17. The van der Waals surface area contributed by atoms with Crippen LogP contribution in [-0.4, -0.2) is 40.0 Å². The summed E-state index contributed by atoms with van der Waals surface area (Å²) in [7, 11) is 0. The van der Waals surface area contributed by atoms with E-state index in [4.69, 9.17) is 4.74 Å². The average Bonchev–Trinajstić information content (AvgIpc) is 3.03. The number of rotatable bonds is 9. The number of unbranched alkanes of at least 4 members (excludes halogenated alkanes) is 2. The number of hydrogen-bond acceptors (Lipinski definition) is 5. The summed E-state index contributed by atoms with van der Waals surface area (Å²) in [5.74, 6) is -0.753. The number of aromatic hydroxyl groups is 1. The molecular weight excluding hydrogens is 394 g/mol. The second-order valence-electron chi connectivity index (χ2n) is 7.66. The molecule has 2 aromatic rings. The first kappa shape index (κ1) is 22.4. The van der Waals surface area contributed by atoms with Gasteiger partial charge >= 0.3 is 0 Å². The van der Waals surface area contributed by atoms with Gasteiger partial charge in [0.2, 0.25) is 0 Å². The number of aliphatic hydroxyl groups is 1. The third kappa shape index (κ3) is 4.90. The highest BCUT2D eigenvalue weighted by atomic mass is 16.5. The quantitative estimate of drug-likeness (QED) is 0.262. The van der Waals surface area contributed by atoms with E-state index in [9.17, 15) is 19.8 Å². The molecule has 1 aliphatic rings. The number of carbonyl (C=O) groups excluding carboxylic acids is 2. The van der Waals surface area contributed by atoms with Crippen molar-refractivity contribution in [1.82, 2.24) is 4.90 Å². The predicted octanol–water partition coefficient (Wildman–Crippen LogP) is 4.79. The number of phenols is 1. The third-order valence-corrected chi connectivity index (χ3v) is 5.35. The maximum absolute atomic E-state index is 12.9. The Balaban J connectivity index is 2.02. The van der Waals surface area contributed by atoms with Crippen LogP contribution in [0.2, 0.25) is 0 Å². The molecule has 164 valence electrons. The van der Waals surface area contributed by atoms with Crippen LogP contribution in [0.15, 0.2) is 54.1 Å². The van der Waals surface area contributed by atoms with Crippen LogP contribution in [0.25, 0.3) is 5.76 Å². The van der Waals surface area contributed by atoms with E-state index in [1.165, 1.54) is 17.0 Å². The first-order chi connectivity index (χ1) is 15.0. The van der Waals surface area contributed by atoms with Crippen LogP contribution in [0.3, 0.4) is 0 Å². The van der Waals surface area contributed by atoms with Crippen LogP contribution in [0.5, 0.6) is 11.5 Å². The number of Topliss-reactive ketones (excluding diaryl/α,β-unsaturated/α-hetero) is 1. The van der Waals surface area contributed by atoms with Crippen molar-refractivity contribution in [1.29, 1.82) is 0 Å². The van der Waals surface area contributed by atoms with Crippen molar-refractivity contribution in [3.63, 3.8) is 0 Å². The maximum atomic E-state index is 12.9. The second-order valence-corrected chi connectivity index (χ2v) is 7.66. The Kier molecular flexibility index (Phi) is 7.34. The van der Waals surface area contributed by atoms with Gasteiger partial charge in [0.15, 0.2) is 0 Å². The Hall–Kier alpha value is -3.28. The Morgan fingerprint density at radius 1 is 0.968 bits per heavy atom. The summed E-state index contributed by atoms with van der Waals surface area (Å²) in [6.07, 6.45) is 3.57. The number of aliphatic hydroxyl groups excluding tert-OH is 1. The van der Waals surface area contributed by atoms with Crippen molar-refractivity contribution in [2.24, 2.45) is 0 Å². The Labute approximate surface area is 182 Å². The number of ether oxygens (including phenoxy) is 1. The molecule has 2 N–H and O–H groups in total. The van der Waals surface area contributed by atoms with Gasteiger partial charge in [-0.3, -0.25) is 9.59 Å². The topological polar surface area (TPSA) is 87.1 Å². The van der Waals surface area contributed by atoms with Gasteiger partial charge in [-0.1, -0.05) is 38.8 Å². The van der Waals surface area contributed by atoms with Gasteiger partial charge in [0, 0.05) is 12.1 Å². The Bertz CT molecular complexity index is 947.